The summed E-state index contributed by atoms with van der Waals surface area (Å²) >= 11 is 0. The molecule has 0 N–H and O–H groups in total. The van der Waals surface area contributed by atoms with Gasteiger partial charge in [0, 0.05) is 23.6 Å². The summed E-state index contributed by atoms with van der Waals surface area (Å²) in [7, 11) is 3.53. The highest BCUT2D eigenvalue weighted by Crippen LogP contribution is 2.40. The quantitative estimate of drug-likeness (QED) is 0.703. The van der Waals surface area contributed by atoms with Gasteiger partial charge in [-0.25, -0.2) is 0 Å². The SMILES string of the molecule is COC(=O)[C@@H]1CCc2c1c1ccccc1n2C. The van der Waals surface area contributed by atoms with E-state index >= 15 is 0 Å². The van der Waals surface area contributed by atoms with Crippen LogP contribution in [0.5, 0.6) is 0 Å². The lowest BCUT2D eigenvalue weighted by atomic mass is 10.0. The van der Waals surface area contributed by atoms with Gasteiger partial charge in [0.25, 0.3) is 0 Å². The number of ether oxygens (including phenoxy) is 1. The van der Waals surface area contributed by atoms with Crippen molar-refractivity contribution >= 4 is 16.9 Å². The molecule has 1 aliphatic carbocycles. The lowest BCUT2D eigenvalue weighted by Crippen LogP contribution is -2.11. The van der Waals surface area contributed by atoms with Crippen molar-refractivity contribution in [1.82, 2.24) is 4.57 Å². The van der Waals surface area contributed by atoms with E-state index in [0.717, 1.165) is 12.8 Å². The molecule has 1 aromatic carbocycles. The lowest BCUT2D eigenvalue weighted by Gasteiger charge is -2.07. The molecule has 0 fully saturated rings. The minimum absolute atomic E-state index is 0.0823. The van der Waals surface area contributed by atoms with Crippen LogP contribution in [0.1, 0.15) is 23.6 Å². The molecule has 0 spiro atoms. The second-order valence-corrected chi connectivity index (χ2v) is 4.55. The van der Waals surface area contributed by atoms with E-state index in [0.29, 0.717) is 0 Å². The first-order valence-electron chi connectivity index (χ1n) is 5.88. The highest BCUT2D eigenvalue weighted by Gasteiger charge is 2.33. The first-order chi connectivity index (χ1) is 8.24. The molecule has 1 atom stereocenters. The summed E-state index contributed by atoms with van der Waals surface area (Å²) in [5.74, 6) is -0.193. The highest BCUT2D eigenvalue weighted by molar-refractivity contribution is 5.92. The molecule has 0 unspecified atom stereocenters. The van der Waals surface area contributed by atoms with E-state index in [4.69, 9.17) is 4.74 Å². The maximum Gasteiger partial charge on any atom is 0.313 e. The van der Waals surface area contributed by atoms with Crippen molar-refractivity contribution in [3.63, 3.8) is 0 Å². The first-order valence-corrected chi connectivity index (χ1v) is 5.88. The number of carbonyl (C=O) groups excluding carboxylic acids is 1. The summed E-state index contributed by atoms with van der Waals surface area (Å²) in [5, 5.41) is 1.19. The van der Waals surface area contributed by atoms with Gasteiger partial charge in [-0.3, -0.25) is 4.79 Å². The highest BCUT2D eigenvalue weighted by atomic mass is 16.5. The number of benzene rings is 1. The molecule has 0 aliphatic heterocycles. The average Bonchev–Trinajstić information content (AvgIpc) is 2.90. The number of para-hydroxylation sites is 1. The Morgan fingerprint density at radius 1 is 1.41 bits per heavy atom. The normalized spacial score (nSPS) is 18.4. The van der Waals surface area contributed by atoms with Crippen LogP contribution < -0.4 is 0 Å². The van der Waals surface area contributed by atoms with Gasteiger partial charge in [-0.05, 0) is 24.5 Å². The van der Waals surface area contributed by atoms with E-state index in [1.54, 1.807) is 0 Å². The van der Waals surface area contributed by atoms with Crippen molar-refractivity contribution in [3.8, 4) is 0 Å². The Morgan fingerprint density at radius 3 is 2.94 bits per heavy atom. The molecule has 0 saturated carbocycles. The topological polar surface area (TPSA) is 31.2 Å². The molecule has 88 valence electrons. The molecule has 2 aromatic rings. The maximum absolute atomic E-state index is 11.8. The molecule has 0 bridgehead atoms. The molecular weight excluding hydrogens is 214 g/mol. The van der Waals surface area contributed by atoms with Gasteiger partial charge < -0.3 is 9.30 Å². The summed E-state index contributed by atoms with van der Waals surface area (Å²) in [6.07, 6.45) is 1.83. The predicted octanol–water partition coefficient (Wildman–Crippen LogP) is 2.38. The maximum atomic E-state index is 11.8. The molecule has 17 heavy (non-hydrogen) atoms. The molecule has 0 radical (unpaired) electrons. The van der Waals surface area contributed by atoms with Gasteiger partial charge in [0.1, 0.15) is 0 Å². The Kier molecular flexibility index (Phi) is 2.21. The van der Waals surface area contributed by atoms with E-state index < -0.39 is 0 Å². The van der Waals surface area contributed by atoms with E-state index in [1.807, 2.05) is 12.1 Å². The van der Waals surface area contributed by atoms with Crippen LogP contribution in [0.2, 0.25) is 0 Å². The number of rotatable bonds is 1. The lowest BCUT2D eigenvalue weighted by molar-refractivity contribution is -0.142. The zero-order valence-electron chi connectivity index (χ0n) is 10.1. The standard InChI is InChI=1S/C14H15NO2/c1-15-11-6-4-3-5-9(11)13-10(14(16)17-2)7-8-12(13)15/h3-6,10H,7-8H2,1-2H3/t10-/m1/s1. The van der Waals surface area contributed by atoms with Gasteiger partial charge >= 0.3 is 5.97 Å². The number of esters is 1. The zero-order valence-corrected chi connectivity index (χ0v) is 10.1. The number of carbonyl (C=O) groups is 1. The third-order valence-electron chi connectivity index (χ3n) is 3.78. The minimum Gasteiger partial charge on any atom is -0.469 e. The van der Waals surface area contributed by atoms with Crippen molar-refractivity contribution < 1.29 is 9.53 Å². The van der Waals surface area contributed by atoms with Crippen molar-refractivity contribution in [2.45, 2.75) is 18.8 Å². The molecule has 3 heteroatoms. The second kappa shape index (κ2) is 3.62. The zero-order chi connectivity index (χ0) is 12.0. The summed E-state index contributed by atoms with van der Waals surface area (Å²) in [6.45, 7) is 0. The molecule has 3 nitrogen and oxygen atoms in total. The van der Waals surface area contributed by atoms with Crippen molar-refractivity contribution in [2.24, 2.45) is 7.05 Å². The number of hydrogen-bond donors (Lipinski definition) is 0. The fourth-order valence-corrected chi connectivity index (χ4v) is 2.97. The van der Waals surface area contributed by atoms with Gasteiger partial charge in [-0.15, -0.1) is 0 Å². The van der Waals surface area contributed by atoms with Gasteiger partial charge in [-0.2, -0.15) is 0 Å². The fraction of sp³-hybridized carbons (Fsp3) is 0.357. The van der Waals surface area contributed by atoms with Crippen molar-refractivity contribution in [1.29, 1.82) is 0 Å². The molecule has 1 aliphatic rings. The van der Waals surface area contributed by atoms with Crippen LogP contribution in [0, 0.1) is 0 Å². The average molecular weight is 229 g/mol. The van der Waals surface area contributed by atoms with Gasteiger partial charge in [0.15, 0.2) is 0 Å². The Balaban J connectivity index is 2.26. The third-order valence-corrected chi connectivity index (χ3v) is 3.78. The van der Waals surface area contributed by atoms with E-state index in [-0.39, 0.29) is 11.9 Å². The number of aryl methyl sites for hydroxylation is 1. The van der Waals surface area contributed by atoms with Crippen LogP contribution in [0.25, 0.3) is 10.9 Å². The van der Waals surface area contributed by atoms with Crippen molar-refractivity contribution in [3.05, 3.63) is 35.5 Å². The van der Waals surface area contributed by atoms with Gasteiger partial charge in [0.05, 0.1) is 13.0 Å². The summed E-state index contributed by atoms with van der Waals surface area (Å²) in [6, 6.07) is 8.25. The van der Waals surface area contributed by atoms with Crippen LogP contribution in [0.15, 0.2) is 24.3 Å². The van der Waals surface area contributed by atoms with Gasteiger partial charge in [0.2, 0.25) is 0 Å². The largest absolute Gasteiger partial charge is 0.469 e. The van der Waals surface area contributed by atoms with E-state index in [2.05, 4.69) is 23.7 Å². The summed E-state index contributed by atoms with van der Waals surface area (Å²) < 4.78 is 7.10. The number of fused-ring (bicyclic) bond motifs is 3. The first kappa shape index (κ1) is 10.4. The Bertz CT molecular complexity index is 598. The number of hydrogen-bond acceptors (Lipinski definition) is 2. The Morgan fingerprint density at radius 2 is 2.18 bits per heavy atom. The number of methoxy groups -OCH3 is 1. The summed E-state index contributed by atoms with van der Waals surface area (Å²) in [5.41, 5.74) is 3.66. The molecule has 0 saturated heterocycles. The smallest absolute Gasteiger partial charge is 0.313 e. The fourth-order valence-electron chi connectivity index (χ4n) is 2.97. The van der Waals surface area contributed by atoms with Crippen LogP contribution >= 0.6 is 0 Å². The van der Waals surface area contributed by atoms with Crippen molar-refractivity contribution in [2.75, 3.05) is 7.11 Å². The van der Waals surface area contributed by atoms with Crippen LogP contribution in [0.3, 0.4) is 0 Å². The van der Waals surface area contributed by atoms with E-state index in [1.165, 1.54) is 29.3 Å². The van der Waals surface area contributed by atoms with Crippen LogP contribution in [0.4, 0.5) is 0 Å². The molecule has 3 rings (SSSR count). The molecule has 0 amide bonds. The monoisotopic (exact) mass is 229 g/mol. The molecule has 1 aromatic heterocycles. The van der Waals surface area contributed by atoms with Crippen LogP contribution in [-0.4, -0.2) is 17.6 Å². The Labute approximate surface area is 100.0 Å². The minimum atomic E-state index is -0.111. The predicted molar refractivity (Wildman–Crippen MR) is 66.0 cm³/mol. The summed E-state index contributed by atoms with van der Waals surface area (Å²) in [4.78, 5) is 11.8. The number of nitrogens with zero attached hydrogens (tertiary/aromatic N) is 1. The van der Waals surface area contributed by atoms with Gasteiger partial charge in [-0.1, -0.05) is 18.2 Å². The molecular formula is C14H15NO2. The second-order valence-electron chi connectivity index (χ2n) is 4.55. The van der Waals surface area contributed by atoms with Crippen LogP contribution in [-0.2, 0) is 23.0 Å². The Hall–Kier alpha value is -1.77. The third kappa shape index (κ3) is 1.32. The number of aromatic nitrogens is 1. The molecule has 1 heterocycles. The van der Waals surface area contributed by atoms with E-state index in [9.17, 15) is 4.79 Å².